The van der Waals surface area contributed by atoms with Crippen LogP contribution in [0.1, 0.15) is 30.4 Å². The van der Waals surface area contributed by atoms with Crippen molar-refractivity contribution in [2.24, 2.45) is 0 Å². The monoisotopic (exact) mass is 431 g/mol. The molecule has 32 heavy (non-hydrogen) atoms. The van der Waals surface area contributed by atoms with E-state index in [4.69, 9.17) is 4.74 Å². The van der Waals surface area contributed by atoms with Crippen LogP contribution in [0, 0.1) is 0 Å². The van der Waals surface area contributed by atoms with Crippen LogP contribution in [0.25, 0.3) is 0 Å². The number of aromatic nitrogens is 1. The predicted octanol–water partition coefficient (Wildman–Crippen LogP) is 3.58. The number of ether oxygens (including phenoxy) is 1. The molecule has 1 aliphatic heterocycles. The molecule has 0 unspecified atom stereocenters. The van der Waals surface area contributed by atoms with Gasteiger partial charge in [0.15, 0.2) is 0 Å². The Labute approximate surface area is 186 Å². The molecular formula is C25H25N3O4. The fraction of sp³-hybridized carbons (Fsp3) is 0.240. The number of nitrogens with zero attached hydrogens (tertiary/aromatic N) is 1. The molecule has 0 fully saturated rings. The number of aryl methyl sites for hydroxylation is 1. The van der Waals surface area contributed by atoms with E-state index in [1.54, 1.807) is 16.8 Å². The van der Waals surface area contributed by atoms with Gasteiger partial charge < -0.3 is 19.9 Å². The van der Waals surface area contributed by atoms with Crippen molar-refractivity contribution in [2.75, 3.05) is 17.2 Å². The van der Waals surface area contributed by atoms with E-state index in [1.165, 1.54) is 6.07 Å². The SMILES string of the molecule is O=C(CCCOc1ccc2c(c1)CCC(=O)N2)Nc1ccc(Cn2ccccc2=O)cc1. The lowest BCUT2D eigenvalue weighted by molar-refractivity contribution is -0.117. The van der Waals surface area contributed by atoms with Gasteiger partial charge in [-0.2, -0.15) is 0 Å². The third kappa shape index (κ3) is 5.63. The van der Waals surface area contributed by atoms with Crippen LogP contribution in [0.4, 0.5) is 11.4 Å². The largest absolute Gasteiger partial charge is 0.494 e. The van der Waals surface area contributed by atoms with Gasteiger partial charge >= 0.3 is 0 Å². The summed E-state index contributed by atoms with van der Waals surface area (Å²) in [5.74, 6) is 0.709. The molecule has 0 aliphatic carbocycles. The summed E-state index contributed by atoms with van der Waals surface area (Å²) in [6, 6.07) is 18.2. The molecule has 2 aromatic carbocycles. The van der Waals surface area contributed by atoms with Gasteiger partial charge in [0.2, 0.25) is 11.8 Å². The first-order valence-electron chi connectivity index (χ1n) is 10.7. The molecule has 1 aromatic heterocycles. The summed E-state index contributed by atoms with van der Waals surface area (Å²) >= 11 is 0. The summed E-state index contributed by atoms with van der Waals surface area (Å²) in [4.78, 5) is 35.4. The lowest BCUT2D eigenvalue weighted by Gasteiger charge is -2.17. The average molecular weight is 431 g/mol. The molecule has 164 valence electrons. The third-order valence-electron chi connectivity index (χ3n) is 5.28. The lowest BCUT2D eigenvalue weighted by atomic mass is 10.0. The highest BCUT2D eigenvalue weighted by Gasteiger charge is 2.15. The first-order chi connectivity index (χ1) is 15.6. The number of hydrogen-bond donors (Lipinski definition) is 2. The number of carbonyl (C=O) groups is 2. The predicted molar refractivity (Wildman–Crippen MR) is 123 cm³/mol. The number of benzene rings is 2. The molecule has 0 saturated heterocycles. The smallest absolute Gasteiger partial charge is 0.250 e. The molecule has 2 amide bonds. The van der Waals surface area contributed by atoms with Crippen molar-refractivity contribution in [2.45, 2.75) is 32.2 Å². The maximum Gasteiger partial charge on any atom is 0.250 e. The summed E-state index contributed by atoms with van der Waals surface area (Å²) in [5.41, 5.74) is 3.57. The third-order valence-corrected chi connectivity index (χ3v) is 5.28. The van der Waals surface area contributed by atoms with Gasteiger partial charge in [0.05, 0.1) is 13.2 Å². The molecule has 4 rings (SSSR count). The van der Waals surface area contributed by atoms with E-state index in [-0.39, 0.29) is 17.4 Å². The molecule has 2 N–H and O–H groups in total. The van der Waals surface area contributed by atoms with Crippen LogP contribution in [0.15, 0.2) is 71.7 Å². The van der Waals surface area contributed by atoms with Crippen LogP contribution in [-0.4, -0.2) is 23.0 Å². The second-order valence-corrected chi connectivity index (χ2v) is 7.73. The van der Waals surface area contributed by atoms with Crippen molar-refractivity contribution in [3.63, 3.8) is 0 Å². The Morgan fingerprint density at radius 3 is 2.69 bits per heavy atom. The van der Waals surface area contributed by atoms with Gasteiger partial charge in [-0.1, -0.05) is 18.2 Å². The van der Waals surface area contributed by atoms with E-state index in [2.05, 4.69) is 10.6 Å². The molecule has 0 saturated carbocycles. The molecule has 0 radical (unpaired) electrons. The van der Waals surface area contributed by atoms with Crippen LogP contribution in [0.3, 0.4) is 0 Å². The summed E-state index contributed by atoms with van der Waals surface area (Å²) in [7, 11) is 0. The Hall–Kier alpha value is -3.87. The summed E-state index contributed by atoms with van der Waals surface area (Å²) in [5, 5.41) is 5.73. The first kappa shape index (κ1) is 21.4. The number of nitrogens with one attached hydrogen (secondary N) is 2. The van der Waals surface area contributed by atoms with Gasteiger partial charge in [-0.05, 0) is 60.4 Å². The Morgan fingerprint density at radius 2 is 1.88 bits per heavy atom. The second-order valence-electron chi connectivity index (χ2n) is 7.73. The van der Waals surface area contributed by atoms with Crippen molar-refractivity contribution < 1.29 is 14.3 Å². The maximum atomic E-state index is 12.2. The zero-order chi connectivity index (χ0) is 22.3. The van der Waals surface area contributed by atoms with Crippen LogP contribution >= 0.6 is 0 Å². The molecule has 0 bridgehead atoms. The number of rotatable bonds is 8. The fourth-order valence-corrected chi connectivity index (χ4v) is 3.58. The van der Waals surface area contributed by atoms with Crippen LogP contribution < -0.4 is 20.9 Å². The van der Waals surface area contributed by atoms with Crippen molar-refractivity contribution in [3.8, 4) is 5.75 Å². The highest BCUT2D eigenvalue weighted by atomic mass is 16.5. The van der Waals surface area contributed by atoms with Crippen LogP contribution in [0.5, 0.6) is 5.75 Å². The quantitative estimate of drug-likeness (QED) is 0.534. The number of anilines is 2. The fourth-order valence-electron chi connectivity index (χ4n) is 3.58. The van der Waals surface area contributed by atoms with Crippen LogP contribution in [0.2, 0.25) is 0 Å². The first-order valence-corrected chi connectivity index (χ1v) is 10.7. The Morgan fingerprint density at radius 1 is 1.03 bits per heavy atom. The van der Waals surface area contributed by atoms with Gasteiger partial charge in [-0.15, -0.1) is 0 Å². The van der Waals surface area contributed by atoms with Crippen molar-refractivity contribution in [1.29, 1.82) is 0 Å². The number of amides is 2. The zero-order valence-corrected chi connectivity index (χ0v) is 17.7. The van der Waals surface area contributed by atoms with Crippen molar-refractivity contribution >= 4 is 23.2 Å². The average Bonchev–Trinajstić information content (AvgIpc) is 2.79. The van der Waals surface area contributed by atoms with E-state index >= 15 is 0 Å². The molecule has 7 nitrogen and oxygen atoms in total. The summed E-state index contributed by atoms with van der Waals surface area (Å²) in [6.07, 6.45) is 3.89. The molecule has 1 aliphatic rings. The Kier molecular flexibility index (Phi) is 6.65. The standard InChI is InChI=1S/C25H25N3O4/c29-23(4-3-15-32-21-11-12-22-19(16-21)8-13-24(30)27-22)26-20-9-6-18(7-10-20)17-28-14-2-1-5-25(28)31/h1-2,5-7,9-12,14,16H,3-4,8,13,15,17H2,(H,26,29)(H,27,30). The minimum absolute atomic E-state index is 0.0403. The summed E-state index contributed by atoms with van der Waals surface area (Å²) < 4.78 is 7.39. The van der Waals surface area contributed by atoms with Gasteiger partial charge in [-0.25, -0.2) is 0 Å². The number of carbonyl (C=O) groups excluding carboxylic acids is 2. The topological polar surface area (TPSA) is 89.4 Å². The highest BCUT2D eigenvalue weighted by Crippen LogP contribution is 2.26. The zero-order valence-electron chi connectivity index (χ0n) is 17.7. The lowest BCUT2D eigenvalue weighted by Crippen LogP contribution is -2.18. The van der Waals surface area contributed by atoms with Gasteiger partial charge in [0.25, 0.3) is 5.56 Å². The van der Waals surface area contributed by atoms with Gasteiger partial charge in [0.1, 0.15) is 5.75 Å². The van der Waals surface area contributed by atoms with E-state index in [0.29, 0.717) is 38.8 Å². The molecule has 0 atom stereocenters. The Bertz CT molecular complexity index is 1170. The highest BCUT2D eigenvalue weighted by molar-refractivity contribution is 5.94. The normalized spacial score (nSPS) is 12.6. The number of fused-ring (bicyclic) bond motifs is 1. The van der Waals surface area contributed by atoms with E-state index in [1.807, 2.05) is 48.5 Å². The summed E-state index contributed by atoms with van der Waals surface area (Å²) in [6.45, 7) is 0.920. The van der Waals surface area contributed by atoms with Gasteiger partial charge in [0, 0.05) is 36.5 Å². The Balaban J connectivity index is 1.20. The molecule has 7 heteroatoms. The minimum atomic E-state index is -0.0752. The molecular weight excluding hydrogens is 406 g/mol. The van der Waals surface area contributed by atoms with Crippen LogP contribution in [-0.2, 0) is 22.6 Å². The molecule has 0 spiro atoms. The maximum absolute atomic E-state index is 12.2. The molecule has 2 heterocycles. The van der Waals surface area contributed by atoms with Gasteiger partial charge in [-0.3, -0.25) is 14.4 Å². The molecule has 3 aromatic rings. The number of hydrogen-bond acceptors (Lipinski definition) is 4. The van der Waals surface area contributed by atoms with Crippen molar-refractivity contribution in [3.05, 3.63) is 88.3 Å². The number of pyridine rings is 1. The minimum Gasteiger partial charge on any atom is -0.494 e. The second kappa shape index (κ2) is 9.96. The van der Waals surface area contributed by atoms with E-state index in [0.717, 1.165) is 28.3 Å². The van der Waals surface area contributed by atoms with E-state index < -0.39 is 0 Å². The van der Waals surface area contributed by atoms with E-state index in [9.17, 15) is 14.4 Å². The van der Waals surface area contributed by atoms with Crippen molar-refractivity contribution in [1.82, 2.24) is 4.57 Å².